The molecule has 2 aliphatic heterocycles. The summed E-state index contributed by atoms with van der Waals surface area (Å²) in [6, 6.07) is 5.88. The normalized spacial score (nSPS) is 23.1. The Bertz CT molecular complexity index is 535. The van der Waals surface area contributed by atoms with Gasteiger partial charge in [0, 0.05) is 18.0 Å². The molecule has 0 saturated carbocycles. The van der Waals surface area contributed by atoms with Gasteiger partial charge in [-0.15, -0.1) is 0 Å². The van der Waals surface area contributed by atoms with Gasteiger partial charge in [0.05, 0.1) is 6.54 Å². The molecule has 6 heteroatoms. The van der Waals surface area contributed by atoms with Crippen molar-refractivity contribution in [2.24, 2.45) is 5.92 Å². The summed E-state index contributed by atoms with van der Waals surface area (Å²) < 4.78 is 16.2. The maximum absolute atomic E-state index is 12.1. The van der Waals surface area contributed by atoms with Gasteiger partial charge in [0.2, 0.25) is 12.7 Å². The molecule has 2 atom stereocenters. The Morgan fingerprint density at radius 2 is 2.27 bits per heavy atom. The molecule has 0 bridgehead atoms. The molecule has 3 rings (SSSR count). The van der Waals surface area contributed by atoms with Crippen LogP contribution in [0.2, 0.25) is 0 Å². The first kappa shape index (κ1) is 15.0. The lowest BCUT2D eigenvalue weighted by molar-refractivity contribution is -0.126. The second kappa shape index (κ2) is 6.87. The summed E-state index contributed by atoms with van der Waals surface area (Å²) in [5, 5.41) is 6.30. The minimum atomic E-state index is 0.113. The Labute approximate surface area is 130 Å². The number of nitrogens with one attached hydrogen (secondary N) is 2. The molecule has 1 aromatic carbocycles. The molecule has 0 spiro atoms. The standard InChI is InChI=1S/C16H22N2O4/c1-11-8-12(4-5-17-11)16(19)18-6-7-20-13-2-3-14-15(9-13)22-10-21-14/h2-3,9,11-12,17H,4-8,10H2,1H3,(H,18,19)/t11-,12-/m0/s1. The van der Waals surface area contributed by atoms with E-state index in [1.807, 2.05) is 12.1 Å². The molecule has 2 heterocycles. The van der Waals surface area contributed by atoms with Gasteiger partial charge in [-0.3, -0.25) is 4.79 Å². The van der Waals surface area contributed by atoms with Crippen molar-refractivity contribution in [1.82, 2.24) is 10.6 Å². The average molecular weight is 306 g/mol. The average Bonchev–Trinajstić information content (AvgIpc) is 2.99. The van der Waals surface area contributed by atoms with Crippen LogP contribution >= 0.6 is 0 Å². The van der Waals surface area contributed by atoms with Crippen molar-refractivity contribution in [2.75, 3.05) is 26.5 Å². The zero-order valence-electron chi connectivity index (χ0n) is 12.8. The van der Waals surface area contributed by atoms with Gasteiger partial charge in [-0.05, 0) is 38.4 Å². The van der Waals surface area contributed by atoms with Gasteiger partial charge in [0.1, 0.15) is 12.4 Å². The van der Waals surface area contributed by atoms with Gasteiger partial charge in [0.25, 0.3) is 0 Å². The van der Waals surface area contributed by atoms with Crippen molar-refractivity contribution < 1.29 is 19.0 Å². The first-order valence-electron chi connectivity index (χ1n) is 7.76. The van der Waals surface area contributed by atoms with Gasteiger partial charge < -0.3 is 24.8 Å². The highest BCUT2D eigenvalue weighted by molar-refractivity contribution is 5.78. The Balaban J connectivity index is 1.39. The Morgan fingerprint density at radius 3 is 3.14 bits per heavy atom. The summed E-state index contributed by atoms with van der Waals surface area (Å²) in [6.45, 7) is 4.22. The summed E-state index contributed by atoms with van der Waals surface area (Å²) in [5.74, 6) is 2.39. The molecule has 6 nitrogen and oxygen atoms in total. The number of amides is 1. The highest BCUT2D eigenvalue weighted by atomic mass is 16.7. The summed E-state index contributed by atoms with van der Waals surface area (Å²) >= 11 is 0. The predicted octanol–water partition coefficient (Wildman–Crippen LogP) is 1.30. The Hall–Kier alpha value is -1.95. The van der Waals surface area contributed by atoms with E-state index in [2.05, 4.69) is 17.6 Å². The first-order valence-corrected chi connectivity index (χ1v) is 7.76. The summed E-state index contributed by atoms with van der Waals surface area (Å²) in [7, 11) is 0. The van der Waals surface area contributed by atoms with Crippen LogP contribution in [0.15, 0.2) is 18.2 Å². The van der Waals surface area contributed by atoms with E-state index in [4.69, 9.17) is 14.2 Å². The molecular weight excluding hydrogens is 284 g/mol. The number of ether oxygens (including phenoxy) is 3. The molecular formula is C16H22N2O4. The van der Waals surface area contributed by atoms with Crippen LogP contribution in [0.25, 0.3) is 0 Å². The van der Waals surface area contributed by atoms with Crippen LogP contribution in [-0.2, 0) is 4.79 Å². The van der Waals surface area contributed by atoms with Crippen molar-refractivity contribution in [3.05, 3.63) is 18.2 Å². The van der Waals surface area contributed by atoms with Crippen LogP contribution in [0.5, 0.6) is 17.2 Å². The van der Waals surface area contributed by atoms with Crippen LogP contribution in [0.3, 0.4) is 0 Å². The second-order valence-electron chi connectivity index (χ2n) is 5.73. The lowest BCUT2D eigenvalue weighted by atomic mass is 9.92. The van der Waals surface area contributed by atoms with Crippen LogP contribution in [0, 0.1) is 5.92 Å². The largest absolute Gasteiger partial charge is 0.492 e. The summed E-state index contributed by atoms with van der Waals surface area (Å²) in [6.07, 6.45) is 1.80. The van der Waals surface area contributed by atoms with E-state index in [1.54, 1.807) is 6.07 Å². The summed E-state index contributed by atoms with van der Waals surface area (Å²) in [4.78, 5) is 12.1. The number of hydrogen-bond donors (Lipinski definition) is 2. The first-order chi connectivity index (χ1) is 10.7. The van der Waals surface area contributed by atoms with Crippen molar-refractivity contribution in [3.63, 3.8) is 0 Å². The number of piperidine rings is 1. The van der Waals surface area contributed by atoms with Gasteiger partial charge >= 0.3 is 0 Å². The molecule has 2 aliphatic rings. The smallest absolute Gasteiger partial charge is 0.231 e. The maximum Gasteiger partial charge on any atom is 0.231 e. The number of carbonyl (C=O) groups is 1. The second-order valence-corrected chi connectivity index (χ2v) is 5.73. The van der Waals surface area contributed by atoms with Gasteiger partial charge in [-0.1, -0.05) is 0 Å². The molecule has 0 aliphatic carbocycles. The monoisotopic (exact) mass is 306 g/mol. The molecule has 22 heavy (non-hydrogen) atoms. The summed E-state index contributed by atoms with van der Waals surface area (Å²) in [5.41, 5.74) is 0. The molecule has 1 saturated heterocycles. The van der Waals surface area contributed by atoms with E-state index in [9.17, 15) is 4.79 Å². The molecule has 120 valence electrons. The quantitative estimate of drug-likeness (QED) is 0.803. The van der Waals surface area contributed by atoms with Crippen molar-refractivity contribution in [1.29, 1.82) is 0 Å². The van der Waals surface area contributed by atoms with Crippen molar-refractivity contribution >= 4 is 5.91 Å². The molecule has 0 unspecified atom stereocenters. The number of rotatable bonds is 5. The maximum atomic E-state index is 12.1. The van der Waals surface area contributed by atoms with E-state index < -0.39 is 0 Å². The molecule has 1 amide bonds. The lowest BCUT2D eigenvalue weighted by Gasteiger charge is -2.27. The number of hydrogen-bond acceptors (Lipinski definition) is 5. The molecule has 2 N–H and O–H groups in total. The molecule has 0 aromatic heterocycles. The van der Waals surface area contributed by atoms with Crippen LogP contribution in [0.4, 0.5) is 0 Å². The Kier molecular flexibility index (Phi) is 4.68. The third-order valence-electron chi connectivity index (χ3n) is 4.01. The van der Waals surface area contributed by atoms with Gasteiger partial charge in [-0.2, -0.15) is 0 Å². The lowest BCUT2D eigenvalue weighted by Crippen LogP contribution is -2.43. The minimum Gasteiger partial charge on any atom is -0.492 e. The van der Waals surface area contributed by atoms with Crippen LogP contribution in [-0.4, -0.2) is 38.4 Å². The topological polar surface area (TPSA) is 68.8 Å². The number of carbonyl (C=O) groups excluding carboxylic acids is 1. The predicted molar refractivity (Wildman–Crippen MR) is 81.3 cm³/mol. The molecule has 1 fully saturated rings. The van der Waals surface area contributed by atoms with E-state index in [1.165, 1.54) is 0 Å². The van der Waals surface area contributed by atoms with E-state index in [-0.39, 0.29) is 18.6 Å². The number of fused-ring (bicyclic) bond motifs is 1. The van der Waals surface area contributed by atoms with E-state index >= 15 is 0 Å². The van der Waals surface area contributed by atoms with Crippen molar-refractivity contribution in [3.8, 4) is 17.2 Å². The third-order valence-corrected chi connectivity index (χ3v) is 4.01. The highest BCUT2D eigenvalue weighted by Gasteiger charge is 2.24. The van der Waals surface area contributed by atoms with Crippen LogP contribution < -0.4 is 24.8 Å². The van der Waals surface area contributed by atoms with Gasteiger partial charge in [-0.25, -0.2) is 0 Å². The fourth-order valence-electron chi connectivity index (χ4n) is 2.82. The van der Waals surface area contributed by atoms with Crippen LogP contribution in [0.1, 0.15) is 19.8 Å². The van der Waals surface area contributed by atoms with Crippen molar-refractivity contribution in [2.45, 2.75) is 25.8 Å². The molecule has 0 radical (unpaired) electrons. The van der Waals surface area contributed by atoms with Gasteiger partial charge in [0.15, 0.2) is 11.5 Å². The SMILES string of the molecule is C[C@H]1C[C@@H](C(=O)NCCOc2ccc3c(c2)OCO3)CCN1. The number of benzene rings is 1. The fraction of sp³-hybridized carbons (Fsp3) is 0.562. The van der Waals surface area contributed by atoms with E-state index in [0.717, 1.165) is 25.1 Å². The third kappa shape index (κ3) is 3.62. The zero-order valence-corrected chi connectivity index (χ0v) is 12.8. The zero-order chi connectivity index (χ0) is 15.4. The van der Waals surface area contributed by atoms with E-state index in [0.29, 0.717) is 30.7 Å². The fourth-order valence-corrected chi connectivity index (χ4v) is 2.82. The highest BCUT2D eigenvalue weighted by Crippen LogP contribution is 2.34. The Morgan fingerprint density at radius 1 is 1.41 bits per heavy atom. The molecule has 1 aromatic rings. The minimum absolute atomic E-state index is 0.113.